The molecule has 0 bridgehead atoms. The van der Waals surface area contributed by atoms with Gasteiger partial charge in [0.25, 0.3) is 5.91 Å². The van der Waals surface area contributed by atoms with E-state index in [1.165, 1.54) is 17.8 Å². The molecule has 1 amide bonds. The van der Waals surface area contributed by atoms with Crippen molar-refractivity contribution in [2.75, 3.05) is 5.32 Å². The van der Waals surface area contributed by atoms with Gasteiger partial charge in [-0.3, -0.25) is 4.79 Å². The summed E-state index contributed by atoms with van der Waals surface area (Å²) in [6, 6.07) is 21.6. The van der Waals surface area contributed by atoms with Crippen LogP contribution in [-0.2, 0) is 11.4 Å². The van der Waals surface area contributed by atoms with Gasteiger partial charge < -0.3 is 10.1 Å². The van der Waals surface area contributed by atoms with Crippen molar-refractivity contribution in [1.29, 1.82) is 0 Å². The quantitative estimate of drug-likeness (QED) is 0.611. The van der Waals surface area contributed by atoms with Crippen LogP contribution >= 0.6 is 11.8 Å². The van der Waals surface area contributed by atoms with E-state index >= 15 is 0 Å². The van der Waals surface area contributed by atoms with Crippen molar-refractivity contribution in [2.45, 2.75) is 11.5 Å². The Kier molecular flexibility index (Phi) is 4.94. The number of amides is 1. The molecule has 1 N–H and O–H groups in total. The average molecular weight is 377 g/mol. The lowest BCUT2D eigenvalue weighted by Crippen LogP contribution is -2.17. The number of hydrogen-bond acceptors (Lipinski definition) is 3. The molecule has 3 aromatic rings. The zero-order valence-corrected chi connectivity index (χ0v) is 15.1. The summed E-state index contributed by atoms with van der Waals surface area (Å²) in [6.07, 6.45) is 1.84. The van der Waals surface area contributed by atoms with Gasteiger partial charge in [-0.05, 0) is 42.0 Å². The molecule has 0 aliphatic carbocycles. The fourth-order valence-electron chi connectivity index (χ4n) is 2.69. The molecule has 27 heavy (non-hydrogen) atoms. The van der Waals surface area contributed by atoms with Crippen molar-refractivity contribution in [3.8, 4) is 5.75 Å². The Morgan fingerprint density at radius 1 is 0.963 bits per heavy atom. The molecule has 0 saturated heterocycles. The van der Waals surface area contributed by atoms with Gasteiger partial charge in [0.05, 0.1) is 10.6 Å². The van der Waals surface area contributed by atoms with Crippen LogP contribution in [0.5, 0.6) is 5.75 Å². The SMILES string of the molecule is O=C1Nc2ccccc2S/C1=C\c1ccc(OCc2ccccc2F)cc1. The molecule has 1 aliphatic rings. The molecule has 0 aromatic heterocycles. The highest BCUT2D eigenvalue weighted by Crippen LogP contribution is 2.38. The number of fused-ring (bicyclic) bond motifs is 1. The average Bonchev–Trinajstić information content (AvgIpc) is 2.69. The topological polar surface area (TPSA) is 38.3 Å². The van der Waals surface area contributed by atoms with Gasteiger partial charge in [0.2, 0.25) is 0 Å². The van der Waals surface area contributed by atoms with Crippen LogP contribution in [0.2, 0.25) is 0 Å². The fourth-order valence-corrected chi connectivity index (χ4v) is 3.64. The molecule has 0 spiro atoms. The predicted octanol–water partition coefficient (Wildman–Crippen LogP) is 5.49. The number of nitrogens with one attached hydrogen (secondary N) is 1. The van der Waals surface area contributed by atoms with Gasteiger partial charge in [0.1, 0.15) is 18.2 Å². The number of para-hydroxylation sites is 1. The minimum atomic E-state index is -0.278. The predicted molar refractivity (Wildman–Crippen MR) is 106 cm³/mol. The normalized spacial score (nSPS) is 14.6. The molecule has 0 atom stereocenters. The first kappa shape index (κ1) is 17.4. The van der Waals surface area contributed by atoms with E-state index in [2.05, 4.69) is 5.32 Å². The molecule has 134 valence electrons. The number of thioether (sulfide) groups is 1. The molecule has 0 unspecified atom stereocenters. The van der Waals surface area contributed by atoms with Crippen molar-refractivity contribution >= 4 is 29.4 Å². The first-order valence-corrected chi connectivity index (χ1v) is 9.27. The number of anilines is 1. The lowest BCUT2D eigenvalue weighted by molar-refractivity contribution is -0.112. The summed E-state index contributed by atoms with van der Waals surface area (Å²) in [4.78, 5) is 13.9. The highest BCUT2D eigenvalue weighted by Gasteiger charge is 2.20. The van der Waals surface area contributed by atoms with Crippen molar-refractivity contribution in [3.05, 3.63) is 94.6 Å². The highest BCUT2D eigenvalue weighted by molar-refractivity contribution is 8.04. The van der Waals surface area contributed by atoms with Crippen LogP contribution in [0.1, 0.15) is 11.1 Å². The third kappa shape index (κ3) is 4.04. The Hall–Kier alpha value is -3.05. The van der Waals surface area contributed by atoms with E-state index in [1.54, 1.807) is 18.2 Å². The van der Waals surface area contributed by atoms with E-state index in [-0.39, 0.29) is 18.3 Å². The van der Waals surface area contributed by atoms with E-state index in [9.17, 15) is 9.18 Å². The van der Waals surface area contributed by atoms with Crippen LogP contribution in [0.15, 0.2) is 82.6 Å². The highest BCUT2D eigenvalue weighted by atomic mass is 32.2. The summed E-state index contributed by atoms with van der Waals surface area (Å²) in [6.45, 7) is 0.169. The van der Waals surface area contributed by atoms with Crippen molar-refractivity contribution in [1.82, 2.24) is 0 Å². The maximum absolute atomic E-state index is 13.6. The second-order valence-electron chi connectivity index (χ2n) is 6.01. The van der Waals surface area contributed by atoms with E-state index in [4.69, 9.17) is 4.74 Å². The minimum absolute atomic E-state index is 0.112. The molecule has 0 saturated carbocycles. The Labute approximate surface area is 160 Å². The molecule has 3 nitrogen and oxygen atoms in total. The molecule has 4 rings (SSSR count). The smallest absolute Gasteiger partial charge is 0.262 e. The van der Waals surface area contributed by atoms with Gasteiger partial charge in [-0.15, -0.1) is 0 Å². The van der Waals surface area contributed by atoms with Gasteiger partial charge in [-0.2, -0.15) is 0 Å². The summed E-state index contributed by atoms with van der Waals surface area (Å²) in [5, 5.41) is 2.90. The standard InChI is InChI=1S/C22H16FNO2S/c23-18-6-2-1-5-16(18)14-26-17-11-9-15(10-12-17)13-21-22(25)24-19-7-3-4-8-20(19)27-21/h1-13H,14H2,(H,24,25)/b21-13-. The van der Waals surface area contributed by atoms with Crippen LogP contribution in [-0.4, -0.2) is 5.91 Å². The molecular weight excluding hydrogens is 361 g/mol. The van der Waals surface area contributed by atoms with E-state index in [0.717, 1.165) is 16.1 Å². The van der Waals surface area contributed by atoms with Crippen LogP contribution in [0, 0.1) is 5.82 Å². The van der Waals surface area contributed by atoms with E-state index < -0.39 is 0 Å². The molecule has 1 aliphatic heterocycles. The molecule has 0 fully saturated rings. The van der Waals surface area contributed by atoms with Crippen LogP contribution in [0.25, 0.3) is 6.08 Å². The van der Waals surface area contributed by atoms with Crippen LogP contribution < -0.4 is 10.1 Å². The monoisotopic (exact) mass is 377 g/mol. The van der Waals surface area contributed by atoms with Gasteiger partial charge >= 0.3 is 0 Å². The Morgan fingerprint density at radius 2 is 1.70 bits per heavy atom. The lowest BCUT2D eigenvalue weighted by atomic mass is 10.2. The third-order valence-electron chi connectivity index (χ3n) is 4.11. The summed E-state index contributed by atoms with van der Waals surface area (Å²) in [7, 11) is 0. The lowest BCUT2D eigenvalue weighted by Gasteiger charge is -2.18. The summed E-state index contributed by atoms with van der Waals surface area (Å²) in [5.74, 6) is 0.254. The van der Waals surface area contributed by atoms with Gasteiger partial charge in [0, 0.05) is 10.5 Å². The van der Waals surface area contributed by atoms with E-state index in [0.29, 0.717) is 16.2 Å². The number of rotatable bonds is 4. The zero-order chi connectivity index (χ0) is 18.6. The minimum Gasteiger partial charge on any atom is -0.489 e. The number of carbonyl (C=O) groups excluding carboxylic acids is 1. The Bertz CT molecular complexity index is 1010. The van der Waals surface area contributed by atoms with Crippen molar-refractivity contribution in [2.24, 2.45) is 0 Å². The molecule has 5 heteroatoms. The first-order valence-electron chi connectivity index (χ1n) is 8.45. The number of benzene rings is 3. The fraction of sp³-hybridized carbons (Fsp3) is 0.0455. The Balaban J connectivity index is 1.46. The molecule has 1 heterocycles. The maximum atomic E-state index is 13.6. The second-order valence-corrected chi connectivity index (χ2v) is 7.09. The zero-order valence-electron chi connectivity index (χ0n) is 14.3. The summed E-state index contributed by atoms with van der Waals surface area (Å²) in [5.41, 5.74) is 2.24. The number of halogens is 1. The largest absolute Gasteiger partial charge is 0.489 e. The number of ether oxygens (including phenoxy) is 1. The number of hydrogen-bond donors (Lipinski definition) is 1. The number of carbonyl (C=O) groups is 1. The molecule has 0 radical (unpaired) electrons. The second kappa shape index (κ2) is 7.68. The molecular formula is C22H16FNO2S. The van der Waals surface area contributed by atoms with E-state index in [1.807, 2.05) is 54.6 Å². The van der Waals surface area contributed by atoms with Crippen LogP contribution in [0.4, 0.5) is 10.1 Å². The summed E-state index contributed by atoms with van der Waals surface area (Å²) >= 11 is 1.45. The third-order valence-corrected chi connectivity index (χ3v) is 5.21. The van der Waals surface area contributed by atoms with Gasteiger partial charge in [-0.25, -0.2) is 4.39 Å². The Morgan fingerprint density at radius 3 is 2.52 bits per heavy atom. The van der Waals surface area contributed by atoms with Gasteiger partial charge in [-0.1, -0.05) is 54.2 Å². The van der Waals surface area contributed by atoms with Crippen molar-refractivity contribution in [3.63, 3.8) is 0 Å². The first-order chi connectivity index (χ1) is 13.2. The van der Waals surface area contributed by atoms with Crippen LogP contribution in [0.3, 0.4) is 0 Å². The summed E-state index contributed by atoms with van der Waals surface area (Å²) < 4.78 is 19.3. The van der Waals surface area contributed by atoms with Gasteiger partial charge in [0.15, 0.2) is 0 Å². The molecule has 3 aromatic carbocycles. The maximum Gasteiger partial charge on any atom is 0.262 e. The van der Waals surface area contributed by atoms with Crippen molar-refractivity contribution < 1.29 is 13.9 Å².